The number of thiazole rings is 1. The first kappa shape index (κ1) is 17.0. The van der Waals surface area contributed by atoms with Gasteiger partial charge in [0.15, 0.2) is 10.7 Å². The van der Waals surface area contributed by atoms with Gasteiger partial charge < -0.3 is 9.80 Å². The Hall–Kier alpha value is -1.44. The van der Waals surface area contributed by atoms with E-state index in [9.17, 15) is 4.79 Å². The molecule has 136 valence electrons. The summed E-state index contributed by atoms with van der Waals surface area (Å²) in [4.78, 5) is 25.6. The molecule has 0 unspecified atom stereocenters. The highest BCUT2D eigenvalue weighted by molar-refractivity contribution is 7.15. The van der Waals surface area contributed by atoms with E-state index < -0.39 is 0 Å². The average molecular weight is 362 g/mol. The number of hydrogen-bond acceptors (Lipinski definition) is 5. The van der Waals surface area contributed by atoms with Gasteiger partial charge >= 0.3 is 0 Å². The number of amides is 1. The van der Waals surface area contributed by atoms with Crippen molar-refractivity contribution in [3.8, 4) is 0 Å². The van der Waals surface area contributed by atoms with Crippen molar-refractivity contribution < 1.29 is 4.79 Å². The summed E-state index contributed by atoms with van der Waals surface area (Å²) in [6.45, 7) is 7.65. The molecule has 0 bridgehead atoms. The van der Waals surface area contributed by atoms with Crippen molar-refractivity contribution in [1.82, 2.24) is 24.1 Å². The highest BCUT2D eigenvalue weighted by Crippen LogP contribution is 2.29. The van der Waals surface area contributed by atoms with Crippen LogP contribution in [-0.2, 0) is 6.54 Å². The SMILES string of the molecule is CCN(Cc1c(C(=O)N2CCCN(C)CC2)nc2sccn12)C1CC1. The minimum absolute atomic E-state index is 0.105. The van der Waals surface area contributed by atoms with Crippen molar-refractivity contribution in [2.24, 2.45) is 0 Å². The predicted octanol–water partition coefficient (Wildman–Crippen LogP) is 2.16. The van der Waals surface area contributed by atoms with E-state index in [1.54, 1.807) is 11.3 Å². The Morgan fingerprint density at radius 1 is 1.32 bits per heavy atom. The van der Waals surface area contributed by atoms with E-state index in [2.05, 4.69) is 34.4 Å². The summed E-state index contributed by atoms with van der Waals surface area (Å²) in [5.74, 6) is 0.105. The first-order valence-corrected chi connectivity index (χ1v) is 10.2. The maximum Gasteiger partial charge on any atom is 0.274 e. The molecule has 0 radical (unpaired) electrons. The summed E-state index contributed by atoms with van der Waals surface area (Å²) in [7, 11) is 2.13. The summed E-state index contributed by atoms with van der Waals surface area (Å²) in [5, 5.41) is 2.05. The van der Waals surface area contributed by atoms with Crippen molar-refractivity contribution in [1.29, 1.82) is 0 Å². The summed E-state index contributed by atoms with van der Waals surface area (Å²) in [5.41, 5.74) is 1.73. The maximum absolute atomic E-state index is 13.2. The Morgan fingerprint density at radius 2 is 2.16 bits per heavy atom. The van der Waals surface area contributed by atoms with Crippen LogP contribution in [0.4, 0.5) is 0 Å². The van der Waals surface area contributed by atoms with E-state index in [0.717, 1.165) is 56.3 Å². The van der Waals surface area contributed by atoms with Gasteiger partial charge in [-0.05, 0) is 39.4 Å². The number of rotatable bonds is 5. The lowest BCUT2D eigenvalue weighted by Gasteiger charge is -2.22. The highest BCUT2D eigenvalue weighted by atomic mass is 32.1. The molecule has 2 aliphatic rings. The second-order valence-electron chi connectivity index (χ2n) is 7.21. The molecule has 2 fully saturated rings. The molecule has 1 amide bonds. The topological polar surface area (TPSA) is 44.1 Å². The van der Waals surface area contributed by atoms with E-state index in [0.29, 0.717) is 11.7 Å². The summed E-state index contributed by atoms with van der Waals surface area (Å²) in [6.07, 6.45) is 5.64. The summed E-state index contributed by atoms with van der Waals surface area (Å²) < 4.78 is 2.12. The largest absolute Gasteiger partial charge is 0.336 e. The van der Waals surface area contributed by atoms with E-state index in [-0.39, 0.29) is 5.91 Å². The third kappa shape index (κ3) is 3.45. The van der Waals surface area contributed by atoms with Crippen molar-refractivity contribution in [3.63, 3.8) is 0 Å². The van der Waals surface area contributed by atoms with Gasteiger partial charge in [-0.3, -0.25) is 14.1 Å². The van der Waals surface area contributed by atoms with Crippen LogP contribution in [0.1, 0.15) is 42.4 Å². The minimum Gasteiger partial charge on any atom is -0.336 e. The lowest BCUT2D eigenvalue weighted by molar-refractivity contribution is 0.0755. The van der Waals surface area contributed by atoms with E-state index in [1.165, 1.54) is 12.8 Å². The minimum atomic E-state index is 0.105. The molecule has 1 saturated carbocycles. The van der Waals surface area contributed by atoms with E-state index in [1.807, 2.05) is 10.3 Å². The van der Waals surface area contributed by atoms with Crippen LogP contribution in [0.5, 0.6) is 0 Å². The Labute approximate surface area is 153 Å². The van der Waals surface area contributed by atoms with Gasteiger partial charge in [0.05, 0.1) is 5.69 Å². The average Bonchev–Trinajstić information content (AvgIpc) is 3.30. The normalized spacial score (nSPS) is 19.7. The molecule has 2 aromatic rings. The Kier molecular flexibility index (Phi) is 4.80. The number of likely N-dealkylation sites (N-methyl/N-ethyl adjacent to an activating group) is 1. The lowest BCUT2D eigenvalue weighted by atomic mass is 10.2. The zero-order chi connectivity index (χ0) is 17.4. The fraction of sp³-hybridized carbons (Fsp3) is 0.667. The molecule has 0 N–H and O–H groups in total. The second-order valence-corrected chi connectivity index (χ2v) is 8.08. The Morgan fingerprint density at radius 3 is 2.92 bits per heavy atom. The van der Waals surface area contributed by atoms with Crippen molar-refractivity contribution in [2.75, 3.05) is 39.8 Å². The first-order valence-electron chi connectivity index (χ1n) is 9.33. The number of carbonyl (C=O) groups excluding carboxylic acids is 1. The van der Waals surface area contributed by atoms with Gasteiger partial charge in [0.25, 0.3) is 5.91 Å². The molecule has 0 atom stereocenters. The predicted molar refractivity (Wildman–Crippen MR) is 100 cm³/mol. The number of aromatic nitrogens is 2. The fourth-order valence-electron chi connectivity index (χ4n) is 3.69. The van der Waals surface area contributed by atoms with Crippen molar-refractivity contribution in [2.45, 2.75) is 38.8 Å². The molecule has 1 aliphatic heterocycles. The highest BCUT2D eigenvalue weighted by Gasteiger charge is 2.31. The van der Waals surface area contributed by atoms with Gasteiger partial charge in [-0.15, -0.1) is 11.3 Å². The van der Waals surface area contributed by atoms with Gasteiger partial charge in [0.1, 0.15) is 0 Å². The Bertz CT molecular complexity index is 750. The zero-order valence-electron chi connectivity index (χ0n) is 15.1. The van der Waals surface area contributed by atoms with Gasteiger partial charge in [0.2, 0.25) is 0 Å². The number of nitrogens with zero attached hydrogens (tertiary/aromatic N) is 5. The maximum atomic E-state index is 13.2. The number of fused-ring (bicyclic) bond motifs is 1. The molecule has 0 aromatic carbocycles. The molecule has 6 nitrogen and oxygen atoms in total. The molecular formula is C18H27N5OS. The van der Waals surface area contributed by atoms with Crippen LogP contribution in [0, 0.1) is 0 Å². The fourth-order valence-corrected chi connectivity index (χ4v) is 4.42. The number of carbonyl (C=O) groups is 1. The molecule has 1 saturated heterocycles. The third-order valence-corrected chi connectivity index (χ3v) is 6.15. The molecule has 1 aliphatic carbocycles. The summed E-state index contributed by atoms with van der Waals surface area (Å²) >= 11 is 1.60. The van der Waals surface area contributed by atoms with Crippen LogP contribution in [0.15, 0.2) is 11.6 Å². The smallest absolute Gasteiger partial charge is 0.274 e. The van der Waals surface area contributed by atoms with Crippen molar-refractivity contribution >= 4 is 22.2 Å². The van der Waals surface area contributed by atoms with Crippen LogP contribution >= 0.6 is 11.3 Å². The summed E-state index contributed by atoms with van der Waals surface area (Å²) in [6, 6.07) is 0.684. The molecule has 3 heterocycles. The zero-order valence-corrected chi connectivity index (χ0v) is 16.0. The number of imidazole rings is 1. The third-order valence-electron chi connectivity index (χ3n) is 5.39. The second kappa shape index (κ2) is 7.05. The first-order chi connectivity index (χ1) is 12.2. The molecule has 4 rings (SSSR count). The van der Waals surface area contributed by atoms with Crippen LogP contribution < -0.4 is 0 Å². The Balaban J connectivity index is 1.62. The van der Waals surface area contributed by atoms with Crippen LogP contribution in [-0.4, -0.2) is 75.8 Å². The van der Waals surface area contributed by atoms with Gasteiger partial charge in [-0.1, -0.05) is 6.92 Å². The molecule has 2 aromatic heterocycles. The monoisotopic (exact) mass is 361 g/mol. The van der Waals surface area contributed by atoms with E-state index in [4.69, 9.17) is 4.98 Å². The van der Waals surface area contributed by atoms with Gasteiger partial charge in [0, 0.05) is 43.8 Å². The van der Waals surface area contributed by atoms with Crippen LogP contribution in [0.3, 0.4) is 0 Å². The van der Waals surface area contributed by atoms with Gasteiger partial charge in [-0.2, -0.15) is 0 Å². The van der Waals surface area contributed by atoms with Crippen LogP contribution in [0.25, 0.3) is 4.96 Å². The van der Waals surface area contributed by atoms with Gasteiger partial charge in [-0.25, -0.2) is 4.98 Å². The van der Waals surface area contributed by atoms with E-state index >= 15 is 0 Å². The lowest BCUT2D eigenvalue weighted by Crippen LogP contribution is -2.36. The quantitative estimate of drug-likeness (QED) is 0.819. The van der Waals surface area contributed by atoms with Crippen LogP contribution in [0.2, 0.25) is 0 Å². The van der Waals surface area contributed by atoms with Crippen molar-refractivity contribution in [3.05, 3.63) is 23.0 Å². The standard InChI is InChI=1S/C18H27N5OS/c1-3-21(14-5-6-14)13-15-16(19-18-23(15)11-12-25-18)17(24)22-8-4-7-20(2)9-10-22/h11-12,14H,3-10,13H2,1-2H3. The number of hydrogen-bond donors (Lipinski definition) is 0. The molecule has 0 spiro atoms. The molecule has 7 heteroatoms. The molecular weight excluding hydrogens is 334 g/mol. The molecule has 25 heavy (non-hydrogen) atoms.